The first-order chi connectivity index (χ1) is 17.1. The molecule has 1 aromatic carbocycles. The van der Waals surface area contributed by atoms with E-state index < -0.39 is 5.92 Å². The van der Waals surface area contributed by atoms with Gasteiger partial charge in [0, 0.05) is 46.6 Å². The molecule has 0 radical (unpaired) electrons. The second kappa shape index (κ2) is 9.62. The molecule has 0 fully saturated rings. The number of pyridine rings is 1. The zero-order valence-corrected chi connectivity index (χ0v) is 19.7. The topological polar surface area (TPSA) is 93.5 Å². The van der Waals surface area contributed by atoms with Gasteiger partial charge in [0.1, 0.15) is 17.3 Å². The van der Waals surface area contributed by atoms with Gasteiger partial charge < -0.3 is 19.8 Å². The van der Waals surface area contributed by atoms with Gasteiger partial charge in [0.2, 0.25) is 0 Å². The van der Waals surface area contributed by atoms with Gasteiger partial charge >= 0.3 is 0 Å². The lowest BCUT2D eigenvalue weighted by Gasteiger charge is -2.36. The van der Waals surface area contributed by atoms with Gasteiger partial charge in [-0.1, -0.05) is 24.3 Å². The van der Waals surface area contributed by atoms with Crippen molar-refractivity contribution in [3.63, 3.8) is 0 Å². The molecule has 1 aliphatic carbocycles. The number of carbonyl (C=O) groups is 2. The Labute approximate surface area is 203 Å². The van der Waals surface area contributed by atoms with Crippen LogP contribution in [0, 0.1) is 0 Å². The van der Waals surface area contributed by atoms with E-state index in [4.69, 9.17) is 9.15 Å². The fraction of sp³-hybridized carbons (Fsp3) is 0.250. The fourth-order valence-corrected chi connectivity index (χ4v) is 5.00. The van der Waals surface area contributed by atoms with Gasteiger partial charge in [-0.05, 0) is 50.6 Å². The number of benzene rings is 1. The van der Waals surface area contributed by atoms with Crippen LogP contribution in [0.2, 0.25) is 0 Å². The summed E-state index contributed by atoms with van der Waals surface area (Å²) < 4.78 is 11.5. The number of ketones is 1. The molecule has 178 valence electrons. The minimum absolute atomic E-state index is 0.00733. The highest BCUT2D eigenvalue weighted by Gasteiger charge is 2.42. The number of hydrogen-bond donors (Lipinski definition) is 2. The molecule has 2 atom stereocenters. The summed E-state index contributed by atoms with van der Waals surface area (Å²) in [6.45, 7) is 4.26. The molecule has 0 saturated heterocycles. The van der Waals surface area contributed by atoms with Crippen LogP contribution in [-0.4, -0.2) is 23.3 Å². The fourth-order valence-electron chi connectivity index (χ4n) is 5.00. The van der Waals surface area contributed by atoms with Crippen molar-refractivity contribution in [1.29, 1.82) is 0 Å². The van der Waals surface area contributed by atoms with Crippen LogP contribution in [0.25, 0.3) is 0 Å². The summed E-state index contributed by atoms with van der Waals surface area (Å²) in [5.74, 6) is 0.960. The van der Waals surface area contributed by atoms with Crippen molar-refractivity contribution >= 4 is 17.5 Å². The van der Waals surface area contributed by atoms with Crippen molar-refractivity contribution < 1.29 is 18.7 Å². The maximum atomic E-state index is 13.7. The van der Waals surface area contributed by atoms with E-state index in [-0.39, 0.29) is 17.6 Å². The third kappa shape index (κ3) is 4.37. The quantitative estimate of drug-likeness (QED) is 0.523. The molecule has 0 spiro atoms. The first kappa shape index (κ1) is 22.7. The Hall–Kier alpha value is -4.13. The second-order valence-electron chi connectivity index (χ2n) is 8.67. The molecule has 3 heterocycles. The van der Waals surface area contributed by atoms with E-state index in [1.54, 1.807) is 24.6 Å². The summed E-state index contributed by atoms with van der Waals surface area (Å²) in [5.41, 5.74) is 3.40. The second-order valence-corrected chi connectivity index (χ2v) is 8.67. The van der Waals surface area contributed by atoms with Crippen LogP contribution in [0.5, 0.6) is 5.75 Å². The number of allylic oxidation sites excluding steroid dienone is 3. The van der Waals surface area contributed by atoms with Crippen molar-refractivity contribution in [1.82, 2.24) is 10.3 Å². The molecule has 1 amide bonds. The van der Waals surface area contributed by atoms with Crippen molar-refractivity contribution in [2.45, 2.75) is 38.5 Å². The van der Waals surface area contributed by atoms with Crippen molar-refractivity contribution in [2.24, 2.45) is 0 Å². The maximum absolute atomic E-state index is 13.7. The summed E-state index contributed by atoms with van der Waals surface area (Å²) in [6.07, 6.45) is 4.19. The third-order valence-electron chi connectivity index (χ3n) is 6.45. The van der Waals surface area contributed by atoms with Gasteiger partial charge in [0.15, 0.2) is 5.78 Å². The lowest BCUT2D eigenvalue weighted by Crippen LogP contribution is -2.37. The number of hydrogen-bond acceptors (Lipinski definition) is 6. The number of anilines is 1. The summed E-state index contributed by atoms with van der Waals surface area (Å²) in [4.78, 5) is 31.5. The largest absolute Gasteiger partial charge is 0.494 e. The van der Waals surface area contributed by atoms with Crippen LogP contribution in [0.4, 0.5) is 5.82 Å². The molecule has 7 nitrogen and oxygen atoms in total. The molecular weight excluding hydrogens is 442 g/mol. The Morgan fingerprint density at radius 2 is 1.97 bits per heavy atom. The summed E-state index contributed by atoms with van der Waals surface area (Å²) in [7, 11) is 0. The number of furan rings is 1. The number of aromatic nitrogens is 1. The predicted octanol–water partition coefficient (Wildman–Crippen LogP) is 5.07. The van der Waals surface area contributed by atoms with E-state index in [0.29, 0.717) is 47.9 Å². The molecule has 3 aromatic rings. The zero-order chi connectivity index (χ0) is 24.4. The van der Waals surface area contributed by atoms with Gasteiger partial charge in [-0.3, -0.25) is 9.59 Å². The number of Topliss-reactive ketones (excluding diaryl/α,β-unsaturated/α-hetero) is 1. The average Bonchev–Trinajstić information content (AvgIpc) is 3.39. The van der Waals surface area contributed by atoms with Crippen molar-refractivity contribution in [3.05, 3.63) is 101 Å². The monoisotopic (exact) mass is 469 g/mol. The zero-order valence-electron chi connectivity index (χ0n) is 19.7. The first-order valence-corrected chi connectivity index (χ1v) is 11.8. The van der Waals surface area contributed by atoms with E-state index in [9.17, 15) is 9.59 Å². The molecule has 2 aromatic heterocycles. The number of dihydropyridines is 1. The third-order valence-corrected chi connectivity index (χ3v) is 6.45. The van der Waals surface area contributed by atoms with Crippen molar-refractivity contribution in [3.8, 4) is 5.75 Å². The van der Waals surface area contributed by atoms with Crippen LogP contribution in [0.3, 0.4) is 0 Å². The standard InChI is InChI=1S/C28H27N3O4/c1-3-34-23-10-5-4-9-19(23)26-25(28(33)31-24-12-6-7-13-29-24)17(2)30-20-15-18(16-21(32)27(20)26)22-11-8-14-35-22/h4-14,18,26,30H,3,15-16H2,1-2H3,(H,29,31,33). The van der Waals surface area contributed by atoms with Crippen molar-refractivity contribution in [2.75, 3.05) is 11.9 Å². The SMILES string of the molecule is CCOc1ccccc1C1C(C(=O)Nc2ccccn2)=C(C)NC2=C1C(=O)CC(c1ccco1)C2. The Kier molecular flexibility index (Phi) is 6.23. The average molecular weight is 470 g/mol. The number of carbonyl (C=O) groups excluding carboxylic acids is 2. The predicted molar refractivity (Wildman–Crippen MR) is 132 cm³/mol. The van der Waals surface area contributed by atoms with Crippen LogP contribution in [-0.2, 0) is 9.59 Å². The van der Waals surface area contributed by atoms with Gasteiger partial charge in [-0.25, -0.2) is 4.98 Å². The minimum atomic E-state index is -0.567. The lowest BCUT2D eigenvalue weighted by molar-refractivity contribution is -0.116. The molecule has 0 bridgehead atoms. The lowest BCUT2D eigenvalue weighted by atomic mass is 9.72. The van der Waals surface area contributed by atoms with Gasteiger partial charge in [-0.2, -0.15) is 0 Å². The smallest absolute Gasteiger partial charge is 0.255 e. The highest BCUT2D eigenvalue weighted by molar-refractivity contribution is 6.09. The number of para-hydroxylation sites is 1. The molecule has 1 aliphatic heterocycles. The molecule has 7 heteroatoms. The van der Waals surface area contributed by atoms with E-state index in [1.807, 2.05) is 56.3 Å². The van der Waals surface area contributed by atoms with E-state index in [1.165, 1.54) is 0 Å². The van der Waals surface area contributed by atoms with Gasteiger partial charge in [0.05, 0.1) is 18.8 Å². The summed E-state index contributed by atoms with van der Waals surface area (Å²) in [6, 6.07) is 16.7. The molecule has 35 heavy (non-hydrogen) atoms. The van der Waals surface area contributed by atoms with E-state index >= 15 is 0 Å². The Bertz CT molecular complexity index is 1310. The summed E-state index contributed by atoms with van der Waals surface area (Å²) in [5, 5.41) is 6.28. The normalized spacial score (nSPS) is 19.8. The molecule has 2 N–H and O–H groups in total. The van der Waals surface area contributed by atoms with Crippen LogP contribution < -0.4 is 15.4 Å². The molecule has 5 rings (SSSR count). The highest BCUT2D eigenvalue weighted by Crippen LogP contribution is 2.47. The Balaban J connectivity index is 1.61. The molecule has 0 saturated carbocycles. The Morgan fingerprint density at radius 1 is 1.14 bits per heavy atom. The maximum Gasteiger partial charge on any atom is 0.255 e. The first-order valence-electron chi connectivity index (χ1n) is 11.8. The van der Waals surface area contributed by atoms with E-state index in [2.05, 4.69) is 15.6 Å². The van der Waals surface area contributed by atoms with Gasteiger partial charge in [0.25, 0.3) is 5.91 Å². The number of nitrogens with one attached hydrogen (secondary N) is 2. The van der Waals surface area contributed by atoms with Crippen LogP contribution in [0.15, 0.2) is 94.0 Å². The molecule has 2 aliphatic rings. The summed E-state index contributed by atoms with van der Waals surface area (Å²) >= 11 is 0. The number of ether oxygens (including phenoxy) is 1. The van der Waals surface area contributed by atoms with E-state index in [0.717, 1.165) is 17.0 Å². The number of amides is 1. The molecule has 2 unspecified atom stereocenters. The van der Waals surface area contributed by atoms with Crippen LogP contribution >= 0.6 is 0 Å². The van der Waals surface area contributed by atoms with Gasteiger partial charge in [-0.15, -0.1) is 0 Å². The molecular formula is C28H27N3O4. The van der Waals surface area contributed by atoms with Crippen LogP contribution in [0.1, 0.15) is 49.8 Å². The number of rotatable bonds is 6. The highest BCUT2D eigenvalue weighted by atomic mass is 16.5. The number of nitrogens with zero attached hydrogens (tertiary/aromatic N) is 1. The minimum Gasteiger partial charge on any atom is -0.494 e. The Morgan fingerprint density at radius 3 is 2.71 bits per heavy atom.